The third-order valence-electron chi connectivity index (χ3n) is 1.93. The summed E-state index contributed by atoms with van der Waals surface area (Å²) < 4.78 is 15.7. The summed E-state index contributed by atoms with van der Waals surface area (Å²) in [6.07, 6.45) is 0.323. The van der Waals surface area contributed by atoms with Crippen molar-refractivity contribution >= 4 is 16.0 Å². The van der Waals surface area contributed by atoms with E-state index in [0.717, 1.165) is 0 Å². The molecule has 0 amide bonds. The molecular formula is C5H13BNO4P. The lowest BCUT2D eigenvalue weighted by atomic mass is 9.95. The van der Waals surface area contributed by atoms with Crippen LogP contribution in [0, 0.1) is 0 Å². The maximum Gasteiger partial charge on any atom is 0.256 e. The number of hydrogen-bond acceptors (Lipinski definition) is 3. The highest BCUT2D eigenvalue weighted by molar-refractivity contribution is 7.35. The zero-order valence-corrected chi connectivity index (χ0v) is 7.86. The van der Waals surface area contributed by atoms with E-state index in [1.54, 1.807) is 0 Å². The standard InChI is InChI=1S/C5H13BNO4P/c6-5-1-3(7-12(9)10)4(2-8)11-5/h3-5,8,12H,1-2,6H2,(H2,7,9,10)/t3?,4-,5-/m1/s1. The Balaban J connectivity index is 2.46. The molecule has 7 heteroatoms. The fourth-order valence-electron chi connectivity index (χ4n) is 1.44. The zero-order valence-electron chi connectivity index (χ0n) is 6.86. The van der Waals surface area contributed by atoms with E-state index in [-0.39, 0.29) is 24.8 Å². The molecule has 0 bridgehead atoms. The van der Waals surface area contributed by atoms with Crippen molar-refractivity contribution in [2.45, 2.75) is 24.6 Å². The molecule has 1 heterocycles. The number of aliphatic hydroxyl groups excluding tert-OH is 1. The number of aliphatic hydroxyl groups is 1. The van der Waals surface area contributed by atoms with Crippen LogP contribution >= 0.6 is 8.18 Å². The largest absolute Gasteiger partial charge is 0.394 e. The van der Waals surface area contributed by atoms with E-state index in [0.29, 0.717) is 6.42 Å². The summed E-state index contributed by atoms with van der Waals surface area (Å²) in [5, 5.41) is 11.3. The van der Waals surface area contributed by atoms with Gasteiger partial charge in [-0.05, 0) is 6.42 Å². The Labute approximate surface area is 72.4 Å². The van der Waals surface area contributed by atoms with Gasteiger partial charge in [0, 0.05) is 12.0 Å². The van der Waals surface area contributed by atoms with Gasteiger partial charge >= 0.3 is 0 Å². The third-order valence-corrected chi connectivity index (χ3v) is 2.55. The third kappa shape index (κ3) is 2.57. The van der Waals surface area contributed by atoms with Crippen LogP contribution in [0.5, 0.6) is 0 Å². The SMILES string of the molecule is B[C@H]1CC(N[PH](=O)O)[C@@H](CO)O1. The van der Waals surface area contributed by atoms with Crippen molar-refractivity contribution in [3.8, 4) is 0 Å². The second-order valence-electron chi connectivity index (χ2n) is 2.96. The van der Waals surface area contributed by atoms with Crippen LogP contribution in [0.4, 0.5) is 0 Å². The normalized spacial score (nSPS) is 38.3. The molecule has 0 saturated carbocycles. The van der Waals surface area contributed by atoms with Gasteiger partial charge in [-0.1, -0.05) is 0 Å². The molecule has 1 aliphatic rings. The van der Waals surface area contributed by atoms with E-state index >= 15 is 0 Å². The van der Waals surface area contributed by atoms with Crippen molar-refractivity contribution in [2.75, 3.05) is 6.61 Å². The van der Waals surface area contributed by atoms with Crippen LogP contribution in [-0.4, -0.2) is 42.6 Å². The van der Waals surface area contributed by atoms with Gasteiger partial charge in [-0.2, -0.15) is 0 Å². The molecule has 1 fully saturated rings. The average Bonchev–Trinajstić information content (AvgIpc) is 2.29. The van der Waals surface area contributed by atoms with Crippen LogP contribution < -0.4 is 5.09 Å². The van der Waals surface area contributed by atoms with Gasteiger partial charge in [0.2, 0.25) is 0 Å². The van der Waals surface area contributed by atoms with Crippen molar-refractivity contribution in [3.63, 3.8) is 0 Å². The number of hydrogen-bond donors (Lipinski definition) is 3. The van der Waals surface area contributed by atoms with E-state index < -0.39 is 8.18 Å². The van der Waals surface area contributed by atoms with Crippen LogP contribution in [0.25, 0.3) is 0 Å². The van der Waals surface area contributed by atoms with Gasteiger partial charge < -0.3 is 14.7 Å². The molecule has 0 spiro atoms. The van der Waals surface area contributed by atoms with E-state index in [4.69, 9.17) is 14.7 Å². The topological polar surface area (TPSA) is 78.8 Å². The average molecular weight is 193 g/mol. The summed E-state index contributed by atoms with van der Waals surface area (Å²) in [5.74, 6) is 0. The smallest absolute Gasteiger partial charge is 0.256 e. The highest BCUT2D eigenvalue weighted by atomic mass is 31.1. The monoisotopic (exact) mass is 193 g/mol. The molecule has 1 saturated heterocycles. The van der Waals surface area contributed by atoms with Crippen LogP contribution in [0.1, 0.15) is 6.42 Å². The predicted molar refractivity (Wildman–Crippen MR) is 47.1 cm³/mol. The molecule has 70 valence electrons. The van der Waals surface area contributed by atoms with Gasteiger partial charge in [-0.15, -0.1) is 0 Å². The lowest BCUT2D eigenvalue weighted by molar-refractivity contribution is 0.0358. The minimum absolute atomic E-state index is 0.0426. The van der Waals surface area contributed by atoms with E-state index in [1.165, 1.54) is 0 Å². The quantitative estimate of drug-likeness (QED) is 0.359. The van der Waals surface area contributed by atoms with Crippen LogP contribution in [-0.2, 0) is 9.30 Å². The number of ether oxygens (including phenoxy) is 1. The Morgan fingerprint density at radius 3 is 2.92 bits per heavy atom. The lowest BCUT2D eigenvalue weighted by Crippen LogP contribution is -2.34. The Kier molecular flexibility index (Phi) is 3.74. The fourth-order valence-corrected chi connectivity index (χ4v) is 2.06. The summed E-state index contributed by atoms with van der Waals surface area (Å²) in [7, 11) is -0.800. The molecule has 5 nitrogen and oxygen atoms in total. The molecule has 0 aromatic heterocycles. The van der Waals surface area contributed by atoms with Crippen molar-refractivity contribution in [1.82, 2.24) is 5.09 Å². The molecule has 0 aromatic carbocycles. The summed E-state index contributed by atoms with van der Waals surface area (Å²) in [4.78, 5) is 8.61. The first kappa shape index (κ1) is 10.2. The molecule has 0 aromatic rings. The second kappa shape index (κ2) is 4.39. The molecule has 0 radical (unpaired) electrons. The fraction of sp³-hybridized carbons (Fsp3) is 1.00. The van der Waals surface area contributed by atoms with Crippen molar-refractivity contribution in [3.05, 3.63) is 0 Å². The van der Waals surface area contributed by atoms with Crippen molar-refractivity contribution < 1.29 is 19.3 Å². The molecule has 3 N–H and O–H groups in total. The molecule has 1 aliphatic heterocycles. The summed E-state index contributed by atoms with van der Waals surface area (Å²) in [6, 6.07) is -0.151. The van der Waals surface area contributed by atoms with Gasteiger partial charge in [0.1, 0.15) is 7.85 Å². The maximum atomic E-state index is 10.5. The summed E-state index contributed by atoms with van der Waals surface area (Å²) in [5.41, 5.74) is 0. The minimum Gasteiger partial charge on any atom is -0.394 e. The van der Waals surface area contributed by atoms with Gasteiger partial charge in [-0.25, -0.2) is 5.09 Å². The molecule has 0 aliphatic carbocycles. The summed E-state index contributed by atoms with van der Waals surface area (Å²) in [6.45, 7) is -0.114. The van der Waals surface area contributed by atoms with Gasteiger partial charge in [0.25, 0.3) is 8.18 Å². The predicted octanol–water partition coefficient (Wildman–Crippen LogP) is -1.93. The second-order valence-corrected chi connectivity index (χ2v) is 3.86. The zero-order chi connectivity index (χ0) is 9.14. The highest BCUT2D eigenvalue weighted by Crippen LogP contribution is 2.22. The van der Waals surface area contributed by atoms with Crippen molar-refractivity contribution in [1.29, 1.82) is 0 Å². The molecular weight excluding hydrogens is 180 g/mol. The Hall–Kier alpha value is 0.135. The first-order valence-corrected chi connectivity index (χ1v) is 5.24. The Morgan fingerprint density at radius 2 is 2.42 bits per heavy atom. The maximum absolute atomic E-state index is 10.5. The van der Waals surface area contributed by atoms with Crippen LogP contribution in [0.3, 0.4) is 0 Å². The minimum atomic E-state index is -2.67. The molecule has 4 atom stereocenters. The van der Waals surface area contributed by atoms with Crippen LogP contribution in [0.15, 0.2) is 0 Å². The molecule has 1 rings (SSSR count). The molecule has 12 heavy (non-hydrogen) atoms. The first-order valence-electron chi connectivity index (χ1n) is 3.89. The van der Waals surface area contributed by atoms with Gasteiger partial charge in [0.15, 0.2) is 0 Å². The Morgan fingerprint density at radius 1 is 1.75 bits per heavy atom. The van der Waals surface area contributed by atoms with E-state index in [1.807, 2.05) is 7.85 Å². The van der Waals surface area contributed by atoms with Crippen molar-refractivity contribution in [2.24, 2.45) is 0 Å². The van der Waals surface area contributed by atoms with Crippen LogP contribution in [0.2, 0.25) is 0 Å². The molecule has 2 unspecified atom stereocenters. The lowest BCUT2D eigenvalue weighted by Gasteiger charge is -2.15. The highest BCUT2D eigenvalue weighted by Gasteiger charge is 2.32. The van der Waals surface area contributed by atoms with E-state index in [9.17, 15) is 4.57 Å². The summed E-state index contributed by atoms with van der Waals surface area (Å²) >= 11 is 0. The van der Waals surface area contributed by atoms with Gasteiger partial charge in [0.05, 0.1) is 12.7 Å². The van der Waals surface area contributed by atoms with Gasteiger partial charge in [-0.3, -0.25) is 4.57 Å². The Bertz CT molecular complexity index is 181. The number of nitrogens with one attached hydrogen (secondary N) is 1. The first-order chi connectivity index (χ1) is 5.63. The number of rotatable bonds is 3. The van der Waals surface area contributed by atoms with E-state index in [2.05, 4.69) is 5.09 Å².